The van der Waals surface area contributed by atoms with Crippen molar-refractivity contribution in [3.05, 3.63) is 58.6 Å². The van der Waals surface area contributed by atoms with Crippen molar-refractivity contribution in [2.45, 2.75) is 31.2 Å². The topological polar surface area (TPSA) is 81.7 Å². The van der Waals surface area contributed by atoms with Gasteiger partial charge in [-0.3, -0.25) is 4.79 Å². The van der Waals surface area contributed by atoms with E-state index in [1.807, 2.05) is 19.1 Å². The van der Waals surface area contributed by atoms with Gasteiger partial charge in [-0.15, -0.1) is 0 Å². The first-order valence-corrected chi connectivity index (χ1v) is 10.2. The van der Waals surface area contributed by atoms with Gasteiger partial charge in [-0.1, -0.05) is 41.4 Å². The lowest BCUT2D eigenvalue weighted by Crippen LogP contribution is -2.30. The lowest BCUT2D eigenvalue weighted by Gasteiger charge is -2.19. The fourth-order valence-corrected chi connectivity index (χ4v) is 3.91. The number of nitrogens with one attached hydrogen (secondary N) is 1. The summed E-state index contributed by atoms with van der Waals surface area (Å²) in [4.78, 5) is 12.0. The number of benzene rings is 2. The normalized spacial score (nSPS) is 12.4. The van der Waals surface area contributed by atoms with Crippen LogP contribution in [0.4, 0.5) is 0 Å². The molecule has 0 saturated carbocycles. The van der Waals surface area contributed by atoms with Crippen molar-refractivity contribution in [3.8, 4) is 5.75 Å². The summed E-state index contributed by atoms with van der Waals surface area (Å²) in [5.41, 5.74) is 1.69. The number of rotatable bonds is 8. The molecular formula is C19H22ClNO5S. The molecule has 2 aromatic rings. The van der Waals surface area contributed by atoms with E-state index in [0.29, 0.717) is 10.6 Å². The number of carbonyl (C=O) groups is 1. The highest BCUT2D eigenvalue weighted by atomic mass is 35.5. The Morgan fingerprint density at radius 2 is 1.85 bits per heavy atom. The summed E-state index contributed by atoms with van der Waals surface area (Å²) in [5, 5.41) is 0.304. The highest BCUT2D eigenvalue weighted by molar-refractivity contribution is 7.89. The van der Waals surface area contributed by atoms with Gasteiger partial charge >= 0.3 is 5.97 Å². The summed E-state index contributed by atoms with van der Waals surface area (Å²) in [6, 6.07) is 10.7. The van der Waals surface area contributed by atoms with Crippen molar-refractivity contribution < 1.29 is 22.7 Å². The number of ether oxygens (including phenoxy) is 2. The molecular weight excluding hydrogens is 390 g/mol. The van der Waals surface area contributed by atoms with Gasteiger partial charge < -0.3 is 9.47 Å². The van der Waals surface area contributed by atoms with Gasteiger partial charge in [0.15, 0.2) is 0 Å². The first kappa shape index (κ1) is 21.2. The van der Waals surface area contributed by atoms with Crippen molar-refractivity contribution in [1.82, 2.24) is 4.72 Å². The minimum atomic E-state index is -3.92. The van der Waals surface area contributed by atoms with Crippen LogP contribution in [0.25, 0.3) is 0 Å². The van der Waals surface area contributed by atoms with Crippen molar-refractivity contribution in [2.75, 3.05) is 13.7 Å². The van der Waals surface area contributed by atoms with Crippen LogP contribution in [0.15, 0.2) is 47.4 Å². The first-order chi connectivity index (χ1) is 12.8. The van der Waals surface area contributed by atoms with Gasteiger partial charge in [-0.05, 0) is 31.5 Å². The molecule has 0 radical (unpaired) electrons. The zero-order chi connectivity index (χ0) is 20.0. The van der Waals surface area contributed by atoms with E-state index in [1.165, 1.54) is 25.3 Å². The second-order valence-electron chi connectivity index (χ2n) is 5.89. The van der Waals surface area contributed by atoms with Crippen LogP contribution in [-0.4, -0.2) is 28.1 Å². The number of sulfonamides is 1. The van der Waals surface area contributed by atoms with Crippen LogP contribution >= 0.6 is 11.6 Å². The van der Waals surface area contributed by atoms with Gasteiger partial charge in [-0.2, -0.15) is 0 Å². The molecule has 0 amide bonds. The van der Waals surface area contributed by atoms with E-state index in [1.54, 1.807) is 19.1 Å². The second-order valence-corrected chi connectivity index (χ2v) is 8.01. The van der Waals surface area contributed by atoms with E-state index < -0.39 is 22.0 Å². The van der Waals surface area contributed by atoms with Crippen LogP contribution in [0.5, 0.6) is 5.75 Å². The fourth-order valence-electron chi connectivity index (χ4n) is 2.48. The molecule has 0 heterocycles. The molecule has 0 aliphatic heterocycles. The third-order valence-corrected chi connectivity index (χ3v) is 5.67. The second kappa shape index (κ2) is 9.21. The Morgan fingerprint density at radius 1 is 1.19 bits per heavy atom. The quantitative estimate of drug-likeness (QED) is 0.671. The number of halogens is 1. The maximum Gasteiger partial charge on any atom is 0.307 e. The van der Waals surface area contributed by atoms with Gasteiger partial charge in [-0.25, -0.2) is 13.1 Å². The predicted octanol–water partition coefficient (Wildman–Crippen LogP) is 3.63. The predicted molar refractivity (Wildman–Crippen MR) is 103 cm³/mol. The molecule has 8 heteroatoms. The molecule has 6 nitrogen and oxygen atoms in total. The van der Waals surface area contributed by atoms with Gasteiger partial charge in [0.1, 0.15) is 5.75 Å². The summed E-state index contributed by atoms with van der Waals surface area (Å²) in [7, 11) is -2.52. The molecule has 146 valence electrons. The van der Waals surface area contributed by atoms with E-state index in [-0.39, 0.29) is 23.7 Å². The molecule has 1 N–H and O–H groups in total. The van der Waals surface area contributed by atoms with Gasteiger partial charge in [0.05, 0.1) is 36.1 Å². The van der Waals surface area contributed by atoms with Crippen LogP contribution in [0.3, 0.4) is 0 Å². The minimum absolute atomic E-state index is 0.00952. The first-order valence-electron chi connectivity index (χ1n) is 8.35. The van der Waals surface area contributed by atoms with E-state index >= 15 is 0 Å². The molecule has 2 aromatic carbocycles. The van der Waals surface area contributed by atoms with Crippen LogP contribution in [0.2, 0.25) is 5.02 Å². The largest absolute Gasteiger partial charge is 0.495 e. The maximum absolute atomic E-state index is 12.8. The van der Waals surface area contributed by atoms with Crippen molar-refractivity contribution in [2.24, 2.45) is 0 Å². The number of esters is 1. The SMILES string of the molecule is CCOC(=O)CC(NS(=O)(=O)c1ccc(Cl)c(OC)c1)c1ccc(C)cc1. The van der Waals surface area contributed by atoms with Crippen molar-refractivity contribution >= 4 is 27.6 Å². The number of methoxy groups -OCH3 is 1. The number of carbonyl (C=O) groups excluding carboxylic acids is 1. The molecule has 0 aliphatic carbocycles. The number of hydrogen-bond donors (Lipinski definition) is 1. The molecule has 0 spiro atoms. The molecule has 0 fully saturated rings. The van der Waals surface area contributed by atoms with E-state index in [9.17, 15) is 13.2 Å². The maximum atomic E-state index is 12.8. The number of aryl methyl sites for hydroxylation is 1. The van der Waals surface area contributed by atoms with E-state index in [0.717, 1.165) is 5.56 Å². The third-order valence-electron chi connectivity index (χ3n) is 3.89. The Hall–Kier alpha value is -2.09. The number of hydrogen-bond acceptors (Lipinski definition) is 5. The molecule has 27 heavy (non-hydrogen) atoms. The van der Waals surface area contributed by atoms with Gasteiger partial charge in [0.2, 0.25) is 10.0 Å². The molecule has 0 bridgehead atoms. The monoisotopic (exact) mass is 411 g/mol. The van der Waals surface area contributed by atoms with Crippen LogP contribution < -0.4 is 9.46 Å². The highest BCUT2D eigenvalue weighted by Crippen LogP contribution is 2.28. The van der Waals surface area contributed by atoms with Crippen LogP contribution in [-0.2, 0) is 19.6 Å². The van der Waals surface area contributed by atoms with Gasteiger partial charge in [0, 0.05) is 6.07 Å². The zero-order valence-corrected chi connectivity index (χ0v) is 16.9. The van der Waals surface area contributed by atoms with E-state index in [2.05, 4.69) is 4.72 Å². The highest BCUT2D eigenvalue weighted by Gasteiger charge is 2.25. The Bertz CT molecular complexity index is 897. The molecule has 2 rings (SSSR count). The summed E-state index contributed by atoms with van der Waals surface area (Å²) in [6.07, 6.45) is -0.124. The Balaban J connectivity index is 2.35. The smallest absolute Gasteiger partial charge is 0.307 e. The third kappa shape index (κ3) is 5.69. The molecule has 0 aliphatic rings. The molecule has 1 unspecified atom stereocenters. The lowest BCUT2D eigenvalue weighted by molar-refractivity contribution is -0.143. The van der Waals surface area contributed by atoms with Crippen molar-refractivity contribution in [3.63, 3.8) is 0 Å². The van der Waals surface area contributed by atoms with Crippen molar-refractivity contribution in [1.29, 1.82) is 0 Å². The Kier molecular flexibility index (Phi) is 7.24. The summed E-state index contributed by atoms with van der Waals surface area (Å²) >= 11 is 5.97. The molecule has 0 aromatic heterocycles. The standard InChI is InChI=1S/C19H22ClNO5S/c1-4-26-19(22)12-17(14-7-5-13(2)6-8-14)21-27(23,24)15-9-10-16(20)18(11-15)25-3/h5-11,17,21H,4,12H2,1-3H3. The average molecular weight is 412 g/mol. The Labute approximate surface area is 164 Å². The molecule has 1 atom stereocenters. The minimum Gasteiger partial charge on any atom is -0.495 e. The summed E-state index contributed by atoms with van der Waals surface area (Å²) < 4.78 is 38.3. The van der Waals surface area contributed by atoms with Crippen LogP contribution in [0, 0.1) is 6.92 Å². The molecule has 0 saturated heterocycles. The van der Waals surface area contributed by atoms with Gasteiger partial charge in [0.25, 0.3) is 0 Å². The fraction of sp³-hybridized carbons (Fsp3) is 0.316. The summed E-state index contributed by atoms with van der Waals surface area (Å²) in [5.74, 6) is -0.240. The zero-order valence-electron chi connectivity index (χ0n) is 15.4. The summed E-state index contributed by atoms with van der Waals surface area (Å²) in [6.45, 7) is 3.85. The average Bonchev–Trinajstić information content (AvgIpc) is 2.62. The Morgan fingerprint density at radius 3 is 2.44 bits per heavy atom. The lowest BCUT2D eigenvalue weighted by atomic mass is 10.0. The van der Waals surface area contributed by atoms with E-state index in [4.69, 9.17) is 21.1 Å². The van der Waals surface area contributed by atoms with Crippen LogP contribution in [0.1, 0.15) is 30.5 Å².